The molecule has 1 aromatic heterocycles. The second-order valence-electron chi connectivity index (χ2n) is 5.27. The van der Waals surface area contributed by atoms with Crippen LogP contribution in [-0.2, 0) is 13.1 Å². The summed E-state index contributed by atoms with van der Waals surface area (Å²) >= 11 is 0. The van der Waals surface area contributed by atoms with E-state index in [-0.39, 0.29) is 0 Å². The fraction of sp³-hybridized carbons (Fsp3) is 0.533. The normalized spacial score (nSPS) is 15.5. The van der Waals surface area contributed by atoms with E-state index in [4.69, 9.17) is 10.8 Å². The van der Waals surface area contributed by atoms with E-state index in [1.54, 1.807) is 0 Å². The van der Waals surface area contributed by atoms with Gasteiger partial charge in [0.25, 0.3) is 0 Å². The predicted molar refractivity (Wildman–Crippen MR) is 77.9 cm³/mol. The van der Waals surface area contributed by atoms with Crippen LogP contribution < -0.4 is 5.73 Å². The van der Waals surface area contributed by atoms with Crippen LogP contribution in [0.3, 0.4) is 0 Å². The lowest BCUT2D eigenvalue weighted by Gasteiger charge is -2.19. The Bertz CT molecular complexity index is 556. The van der Waals surface area contributed by atoms with Gasteiger partial charge in [0.1, 0.15) is 0 Å². The minimum atomic E-state index is 0.725. The topological polar surface area (TPSA) is 47.1 Å². The quantitative estimate of drug-likeness (QED) is 0.862. The van der Waals surface area contributed by atoms with Gasteiger partial charge in [-0.05, 0) is 25.8 Å². The fourth-order valence-corrected chi connectivity index (χ4v) is 2.74. The second kappa shape index (κ2) is 5.31. The molecule has 4 heteroatoms. The molecule has 1 fully saturated rings. The van der Waals surface area contributed by atoms with Gasteiger partial charge < -0.3 is 5.73 Å². The van der Waals surface area contributed by atoms with Crippen LogP contribution in [0.5, 0.6) is 0 Å². The second-order valence-corrected chi connectivity index (χ2v) is 5.27. The number of fused-ring (bicyclic) bond motifs is 1. The van der Waals surface area contributed by atoms with Gasteiger partial charge in [-0.2, -0.15) is 5.10 Å². The van der Waals surface area contributed by atoms with Gasteiger partial charge in [-0.15, -0.1) is 0 Å². The van der Waals surface area contributed by atoms with Gasteiger partial charge in [-0.3, -0.25) is 9.58 Å². The van der Waals surface area contributed by atoms with Crippen LogP contribution in [0.1, 0.15) is 25.5 Å². The summed E-state index contributed by atoms with van der Waals surface area (Å²) in [5.74, 6) is 0. The first kappa shape index (κ1) is 12.6. The third-order valence-corrected chi connectivity index (χ3v) is 3.87. The largest absolute Gasteiger partial charge is 0.329 e. The van der Waals surface area contributed by atoms with Crippen molar-refractivity contribution in [1.82, 2.24) is 14.7 Å². The molecule has 0 bridgehead atoms. The van der Waals surface area contributed by atoms with Gasteiger partial charge in [0.15, 0.2) is 0 Å². The molecule has 0 unspecified atom stereocenters. The van der Waals surface area contributed by atoms with Crippen molar-refractivity contribution < 1.29 is 0 Å². The third-order valence-electron chi connectivity index (χ3n) is 3.87. The number of nitrogens with two attached hydrogens (primary N) is 1. The molecule has 1 heterocycles. The van der Waals surface area contributed by atoms with E-state index in [0.717, 1.165) is 32.2 Å². The zero-order chi connectivity index (χ0) is 13.2. The lowest BCUT2D eigenvalue weighted by molar-refractivity contribution is 0.259. The van der Waals surface area contributed by atoms with Gasteiger partial charge in [0, 0.05) is 37.6 Å². The van der Waals surface area contributed by atoms with Crippen LogP contribution in [0.4, 0.5) is 0 Å². The van der Waals surface area contributed by atoms with Crippen LogP contribution in [0.25, 0.3) is 10.9 Å². The first-order chi connectivity index (χ1) is 9.33. The molecule has 0 aliphatic heterocycles. The molecule has 0 radical (unpaired) electrons. The summed E-state index contributed by atoms with van der Waals surface area (Å²) in [5, 5.41) is 6.06. The molecule has 0 saturated heterocycles. The van der Waals surface area contributed by atoms with E-state index in [1.165, 1.54) is 29.4 Å². The summed E-state index contributed by atoms with van der Waals surface area (Å²) in [6.45, 7) is 5.68. The standard InChI is InChI=1S/C15H22N4/c1-2-19-15-6-4-3-5-13(15)14(17-19)11-18(10-9-16)12-7-8-12/h3-6,12H,2,7-11,16H2,1H3. The highest BCUT2D eigenvalue weighted by Crippen LogP contribution is 2.29. The fourth-order valence-electron chi connectivity index (χ4n) is 2.74. The Morgan fingerprint density at radius 2 is 2.16 bits per heavy atom. The molecule has 0 amide bonds. The molecule has 2 aromatic rings. The minimum absolute atomic E-state index is 0.725. The number of para-hydroxylation sites is 1. The highest BCUT2D eigenvalue weighted by molar-refractivity contribution is 5.81. The zero-order valence-electron chi connectivity index (χ0n) is 11.5. The van der Waals surface area contributed by atoms with E-state index in [9.17, 15) is 0 Å². The van der Waals surface area contributed by atoms with Crippen molar-refractivity contribution in [3.8, 4) is 0 Å². The van der Waals surface area contributed by atoms with Crippen molar-refractivity contribution in [2.75, 3.05) is 13.1 Å². The monoisotopic (exact) mass is 258 g/mol. The Morgan fingerprint density at radius 3 is 2.84 bits per heavy atom. The van der Waals surface area contributed by atoms with Crippen molar-refractivity contribution in [3.63, 3.8) is 0 Å². The van der Waals surface area contributed by atoms with Gasteiger partial charge in [-0.25, -0.2) is 0 Å². The summed E-state index contributed by atoms with van der Waals surface area (Å²) in [7, 11) is 0. The smallest absolute Gasteiger partial charge is 0.0843 e. The highest BCUT2D eigenvalue weighted by atomic mass is 15.3. The lowest BCUT2D eigenvalue weighted by Crippen LogP contribution is -2.31. The third kappa shape index (κ3) is 2.51. The van der Waals surface area contributed by atoms with E-state index < -0.39 is 0 Å². The van der Waals surface area contributed by atoms with Crippen molar-refractivity contribution in [2.24, 2.45) is 5.73 Å². The average Bonchev–Trinajstić information content (AvgIpc) is 3.22. The molecule has 0 spiro atoms. The molecule has 3 rings (SSSR count). The summed E-state index contributed by atoms with van der Waals surface area (Å²) in [6, 6.07) is 9.24. The molecular formula is C15H22N4. The van der Waals surface area contributed by atoms with Gasteiger partial charge in [0.2, 0.25) is 0 Å². The lowest BCUT2D eigenvalue weighted by atomic mass is 10.2. The van der Waals surface area contributed by atoms with Crippen LogP contribution in [-0.4, -0.2) is 33.8 Å². The predicted octanol–water partition coefficient (Wildman–Crippen LogP) is 1.98. The number of aryl methyl sites for hydroxylation is 1. The molecule has 1 aliphatic carbocycles. The van der Waals surface area contributed by atoms with E-state index in [1.807, 2.05) is 0 Å². The first-order valence-corrected chi connectivity index (χ1v) is 7.22. The Labute approximate surface area is 114 Å². The van der Waals surface area contributed by atoms with Crippen molar-refractivity contribution in [2.45, 2.75) is 38.9 Å². The number of rotatable bonds is 6. The van der Waals surface area contributed by atoms with E-state index in [0.29, 0.717) is 0 Å². The SMILES string of the molecule is CCn1nc(CN(CCN)C2CC2)c2ccccc21. The maximum atomic E-state index is 5.73. The summed E-state index contributed by atoms with van der Waals surface area (Å²) in [6.07, 6.45) is 2.62. The Hall–Kier alpha value is -1.39. The molecule has 4 nitrogen and oxygen atoms in total. The summed E-state index contributed by atoms with van der Waals surface area (Å²) in [5.41, 5.74) is 8.16. The molecule has 1 saturated carbocycles. The van der Waals surface area contributed by atoms with Crippen molar-refractivity contribution in [3.05, 3.63) is 30.0 Å². The van der Waals surface area contributed by atoms with Crippen LogP contribution in [0, 0.1) is 0 Å². The molecule has 102 valence electrons. The van der Waals surface area contributed by atoms with Crippen molar-refractivity contribution >= 4 is 10.9 Å². The Morgan fingerprint density at radius 1 is 1.37 bits per heavy atom. The van der Waals surface area contributed by atoms with Crippen LogP contribution in [0.15, 0.2) is 24.3 Å². The maximum Gasteiger partial charge on any atom is 0.0843 e. The van der Waals surface area contributed by atoms with Gasteiger partial charge in [0.05, 0.1) is 11.2 Å². The molecule has 19 heavy (non-hydrogen) atoms. The van der Waals surface area contributed by atoms with Crippen molar-refractivity contribution in [1.29, 1.82) is 0 Å². The average molecular weight is 258 g/mol. The van der Waals surface area contributed by atoms with Crippen LogP contribution in [0.2, 0.25) is 0 Å². The van der Waals surface area contributed by atoms with E-state index in [2.05, 4.69) is 40.8 Å². The number of aromatic nitrogens is 2. The van der Waals surface area contributed by atoms with Crippen LogP contribution >= 0.6 is 0 Å². The Kier molecular flexibility index (Phi) is 3.53. The number of hydrogen-bond acceptors (Lipinski definition) is 3. The number of nitrogens with zero attached hydrogens (tertiary/aromatic N) is 3. The highest BCUT2D eigenvalue weighted by Gasteiger charge is 2.29. The number of hydrogen-bond donors (Lipinski definition) is 1. The molecule has 2 N–H and O–H groups in total. The molecule has 1 aromatic carbocycles. The minimum Gasteiger partial charge on any atom is -0.329 e. The molecular weight excluding hydrogens is 236 g/mol. The summed E-state index contributed by atoms with van der Waals surface area (Å²) < 4.78 is 2.10. The molecule has 1 aliphatic rings. The maximum absolute atomic E-state index is 5.73. The zero-order valence-corrected chi connectivity index (χ0v) is 11.5. The molecule has 0 atom stereocenters. The van der Waals surface area contributed by atoms with Gasteiger partial charge in [-0.1, -0.05) is 18.2 Å². The van der Waals surface area contributed by atoms with E-state index >= 15 is 0 Å². The van der Waals surface area contributed by atoms with Gasteiger partial charge >= 0.3 is 0 Å². The first-order valence-electron chi connectivity index (χ1n) is 7.22. The number of benzene rings is 1. The summed E-state index contributed by atoms with van der Waals surface area (Å²) in [4.78, 5) is 2.48. The Balaban J connectivity index is 1.91.